The molecule has 0 saturated carbocycles. The van der Waals surface area contributed by atoms with Gasteiger partial charge in [-0.1, -0.05) is 48.5 Å². The van der Waals surface area contributed by atoms with Crippen LogP contribution in [0.5, 0.6) is 0 Å². The molecule has 2 aromatic carbocycles. The van der Waals surface area contributed by atoms with E-state index < -0.39 is 11.9 Å². The number of nitrogens with zero attached hydrogens (tertiary/aromatic N) is 2. The molecule has 1 aromatic heterocycles. The summed E-state index contributed by atoms with van der Waals surface area (Å²) in [5.74, 6) is -0.286. The molecule has 0 aliphatic heterocycles. The summed E-state index contributed by atoms with van der Waals surface area (Å²) in [6.45, 7) is 0. The summed E-state index contributed by atoms with van der Waals surface area (Å²) >= 11 is 0. The van der Waals surface area contributed by atoms with Crippen molar-refractivity contribution in [3.63, 3.8) is 0 Å². The lowest BCUT2D eigenvalue weighted by Crippen LogP contribution is -2.32. The SMILES string of the molecule is NC(=O)c1ccc(N(C(N)=O)c2ccccc2)nc1-c1ccccc1. The molecule has 0 unspecified atom stereocenters. The molecular weight excluding hydrogens is 316 g/mol. The number of anilines is 2. The third-order valence-corrected chi connectivity index (χ3v) is 3.66. The van der Waals surface area contributed by atoms with Crippen molar-refractivity contribution in [1.82, 2.24) is 4.98 Å². The zero-order chi connectivity index (χ0) is 17.8. The molecule has 6 heteroatoms. The lowest BCUT2D eigenvalue weighted by atomic mass is 10.1. The van der Waals surface area contributed by atoms with Crippen LogP contribution in [-0.2, 0) is 0 Å². The molecule has 3 aromatic rings. The quantitative estimate of drug-likeness (QED) is 0.767. The van der Waals surface area contributed by atoms with E-state index in [9.17, 15) is 9.59 Å². The summed E-state index contributed by atoms with van der Waals surface area (Å²) in [6.07, 6.45) is 0. The Bertz CT molecular complexity index is 911. The Morgan fingerprint density at radius 1 is 0.800 bits per heavy atom. The summed E-state index contributed by atoms with van der Waals surface area (Å²) in [5.41, 5.74) is 13.0. The molecule has 4 N–H and O–H groups in total. The van der Waals surface area contributed by atoms with Gasteiger partial charge in [0.05, 0.1) is 16.9 Å². The topological polar surface area (TPSA) is 102 Å². The Hall–Kier alpha value is -3.67. The molecule has 6 nitrogen and oxygen atoms in total. The van der Waals surface area contributed by atoms with E-state index in [0.717, 1.165) is 5.56 Å². The summed E-state index contributed by atoms with van der Waals surface area (Å²) in [4.78, 5) is 29.5. The van der Waals surface area contributed by atoms with Gasteiger partial charge in [0, 0.05) is 5.56 Å². The second-order valence-electron chi connectivity index (χ2n) is 5.31. The van der Waals surface area contributed by atoms with Crippen molar-refractivity contribution in [1.29, 1.82) is 0 Å². The van der Waals surface area contributed by atoms with Crippen LogP contribution in [0.15, 0.2) is 72.8 Å². The third-order valence-electron chi connectivity index (χ3n) is 3.66. The average molecular weight is 332 g/mol. The number of primary amides is 2. The number of carbonyl (C=O) groups is 2. The minimum Gasteiger partial charge on any atom is -0.366 e. The van der Waals surface area contributed by atoms with Crippen molar-refractivity contribution in [2.24, 2.45) is 11.5 Å². The van der Waals surface area contributed by atoms with Crippen LogP contribution in [0.3, 0.4) is 0 Å². The zero-order valence-electron chi connectivity index (χ0n) is 13.3. The molecule has 3 amide bonds. The summed E-state index contributed by atoms with van der Waals surface area (Å²) in [5, 5.41) is 0. The normalized spacial score (nSPS) is 10.2. The van der Waals surface area contributed by atoms with Crippen LogP contribution in [-0.4, -0.2) is 16.9 Å². The van der Waals surface area contributed by atoms with Gasteiger partial charge in [0.2, 0.25) is 0 Å². The van der Waals surface area contributed by atoms with E-state index >= 15 is 0 Å². The number of amides is 3. The van der Waals surface area contributed by atoms with E-state index in [1.54, 1.807) is 36.4 Å². The van der Waals surface area contributed by atoms with Crippen LogP contribution >= 0.6 is 0 Å². The fraction of sp³-hybridized carbons (Fsp3) is 0. The molecular formula is C19H16N4O2. The summed E-state index contributed by atoms with van der Waals surface area (Å²) in [6, 6.07) is 20.5. The molecule has 0 spiro atoms. The van der Waals surface area contributed by atoms with Crippen molar-refractivity contribution in [2.45, 2.75) is 0 Å². The number of carbonyl (C=O) groups excluding carboxylic acids is 2. The number of aromatic nitrogens is 1. The number of rotatable bonds is 4. The highest BCUT2D eigenvalue weighted by Crippen LogP contribution is 2.28. The maximum Gasteiger partial charge on any atom is 0.325 e. The highest BCUT2D eigenvalue weighted by molar-refractivity contribution is 6.01. The lowest BCUT2D eigenvalue weighted by molar-refractivity contribution is 0.100. The first-order chi connectivity index (χ1) is 12.1. The van der Waals surface area contributed by atoms with E-state index in [1.165, 1.54) is 4.90 Å². The Kier molecular flexibility index (Phi) is 4.43. The third kappa shape index (κ3) is 3.32. The molecule has 0 saturated heterocycles. The molecule has 124 valence electrons. The number of hydrogen-bond acceptors (Lipinski definition) is 3. The highest BCUT2D eigenvalue weighted by Gasteiger charge is 2.20. The molecule has 25 heavy (non-hydrogen) atoms. The van der Waals surface area contributed by atoms with Crippen LogP contribution in [0.4, 0.5) is 16.3 Å². The Balaban J connectivity index is 2.17. The predicted molar refractivity (Wildman–Crippen MR) is 96.4 cm³/mol. The van der Waals surface area contributed by atoms with Gasteiger partial charge in [0.15, 0.2) is 0 Å². The molecule has 0 atom stereocenters. The van der Waals surface area contributed by atoms with Gasteiger partial charge in [0.25, 0.3) is 5.91 Å². The molecule has 0 aliphatic rings. The number of urea groups is 1. The first kappa shape index (κ1) is 16.2. The second kappa shape index (κ2) is 6.84. The van der Waals surface area contributed by atoms with Crippen LogP contribution < -0.4 is 16.4 Å². The number of nitrogens with two attached hydrogens (primary N) is 2. The Labute approximate surface area is 144 Å². The lowest BCUT2D eigenvalue weighted by Gasteiger charge is -2.20. The first-order valence-corrected chi connectivity index (χ1v) is 7.59. The molecule has 0 bridgehead atoms. The maximum absolute atomic E-state index is 12.0. The van der Waals surface area contributed by atoms with E-state index in [4.69, 9.17) is 11.5 Å². The first-order valence-electron chi connectivity index (χ1n) is 7.59. The van der Waals surface area contributed by atoms with E-state index in [-0.39, 0.29) is 5.56 Å². The van der Waals surface area contributed by atoms with Crippen molar-refractivity contribution < 1.29 is 9.59 Å². The Morgan fingerprint density at radius 3 is 1.96 bits per heavy atom. The monoisotopic (exact) mass is 332 g/mol. The number of pyridine rings is 1. The van der Waals surface area contributed by atoms with Crippen LogP contribution in [0.2, 0.25) is 0 Å². The minimum atomic E-state index is -0.676. The number of para-hydroxylation sites is 1. The van der Waals surface area contributed by atoms with E-state index in [2.05, 4.69) is 4.98 Å². The highest BCUT2D eigenvalue weighted by atomic mass is 16.2. The van der Waals surface area contributed by atoms with Gasteiger partial charge < -0.3 is 11.5 Å². The van der Waals surface area contributed by atoms with Gasteiger partial charge in [0.1, 0.15) is 5.82 Å². The largest absolute Gasteiger partial charge is 0.366 e. The van der Waals surface area contributed by atoms with E-state index in [0.29, 0.717) is 17.2 Å². The van der Waals surface area contributed by atoms with Gasteiger partial charge in [-0.05, 0) is 24.3 Å². The zero-order valence-corrected chi connectivity index (χ0v) is 13.3. The van der Waals surface area contributed by atoms with Crippen LogP contribution in [0, 0.1) is 0 Å². The van der Waals surface area contributed by atoms with Gasteiger partial charge >= 0.3 is 6.03 Å². The van der Waals surface area contributed by atoms with E-state index in [1.807, 2.05) is 36.4 Å². The molecule has 1 heterocycles. The number of hydrogen-bond donors (Lipinski definition) is 2. The predicted octanol–water partition coefficient (Wildman–Crippen LogP) is 3.06. The van der Waals surface area contributed by atoms with Crippen LogP contribution in [0.25, 0.3) is 11.3 Å². The standard InChI is InChI=1S/C19H16N4O2/c20-18(24)15-11-12-16(22-17(15)13-7-3-1-4-8-13)23(19(21)25)14-9-5-2-6-10-14/h1-12H,(H2,20,24)(H2,21,25). The summed E-state index contributed by atoms with van der Waals surface area (Å²) in [7, 11) is 0. The molecule has 0 radical (unpaired) electrons. The molecule has 3 rings (SSSR count). The van der Waals surface area contributed by atoms with Gasteiger partial charge in [-0.15, -0.1) is 0 Å². The fourth-order valence-electron chi connectivity index (χ4n) is 2.54. The van der Waals surface area contributed by atoms with Crippen molar-refractivity contribution in [2.75, 3.05) is 4.90 Å². The average Bonchev–Trinajstić information content (AvgIpc) is 2.63. The van der Waals surface area contributed by atoms with Gasteiger partial charge in [-0.3, -0.25) is 4.79 Å². The van der Waals surface area contributed by atoms with Crippen molar-refractivity contribution in [3.05, 3.63) is 78.4 Å². The Morgan fingerprint density at radius 2 is 1.40 bits per heavy atom. The van der Waals surface area contributed by atoms with Crippen LogP contribution in [0.1, 0.15) is 10.4 Å². The van der Waals surface area contributed by atoms with Gasteiger partial charge in [-0.2, -0.15) is 0 Å². The van der Waals surface area contributed by atoms with Gasteiger partial charge in [-0.25, -0.2) is 14.7 Å². The minimum absolute atomic E-state index is 0.271. The van der Waals surface area contributed by atoms with Crippen molar-refractivity contribution in [3.8, 4) is 11.3 Å². The molecule has 0 aliphatic carbocycles. The summed E-state index contributed by atoms with van der Waals surface area (Å²) < 4.78 is 0. The maximum atomic E-state index is 12.0. The van der Waals surface area contributed by atoms with Crippen molar-refractivity contribution >= 4 is 23.4 Å². The fourth-order valence-corrected chi connectivity index (χ4v) is 2.54. The number of benzene rings is 2. The smallest absolute Gasteiger partial charge is 0.325 e. The second-order valence-corrected chi connectivity index (χ2v) is 5.31. The molecule has 0 fully saturated rings.